The van der Waals surface area contributed by atoms with Crippen molar-refractivity contribution in [2.24, 2.45) is 0 Å². The predicted octanol–water partition coefficient (Wildman–Crippen LogP) is 1.88. The smallest absolute Gasteiger partial charge is 0.251 e. The number of fused-ring (bicyclic) bond motifs is 1. The molecular weight excluding hydrogens is 310 g/mol. The van der Waals surface area contributed by atoms with Crippen molar-refractivity contribution in [3.8, 4) is 0 Å². The zero-order valence-corrected chi connectivity index (χ0v) is 13.5. The molecule has 1 aromatic rings. The molecule has 1 aromatic carbocycles. The summed E-state index contributed by atoms with van der Waals surface area (Å²) in [6, 6.07) is 5.45. The molecule has 0 saturated carbocycles. The Morgan fingerprint density at radius 1 is 1.38 bits per heavy atom. The highest BCUT2D eigenvalue weighted by molar-refractivity contribution is 7.99. The third-order valence-corrected chi connectivity index (χ3v) is 4.07. The van der Waals surface area contributed by atoms with Crippen LogP contribution in [-0.2, 0) is 4.79 Å². The molecule has 116 valence electrons. The minimum atomic E-state index is -0.104. The third kappa shape index (κ3) is 5.22. The molecule has 5 nitrogen and oxygen atoms in total. The van der Waals surface area contributed by atoms with Crippen molar-refractivity contribution in [3.63, 3.8) is 0 Å². The molecule has 0 atom stereocenters. The van der Waals surface area contributed by atoms with Crippen molar-refractivity contribution < 1.29 is 9.59 Å². The van der Waals surface area contributed by atoms with Crippen LogP contribution in [0.4, 0.5) is 5.69 Å². The highest BCUT2D eigenvalue weighted by atomic mass is 35.5. The van der Waals surface area contributed by atoms with Crippen molar-refractivity contribution in [1.82, 2.24) is 10.6 Å². The van der Waals surface area contributed by atoms with Crippen molar-refractivity contribution in [2.75, 3.05) is 31.2 Å². The van der Waals surface area contributed by atoms with Crippen LogP contribution in [0.15, 0.2) is 23.1 Å². The van der Waals surface area contributed by atoms with Crippen LogP contribution in [0.1, 0.15) is 23.2 Å². The summed E-state index contributed by atoms with van der Waals surface area (Å²) in [4.78, 5) is 24.6. The van der Waals surface area contributed by atoms with E-state index in [1.807, 2.05) is 13.1 Å². The van der Waals surface area contributed by atoms with Crippen molar-refractivity contribution in [1.29, 1.82) is 0 Å². The minimum Gasteiger partial charge on any atom is -0.352 e. The van der Waals surface area contributed by atoms with Gasteiger partial charge in [-0.2, -0.15) is 0 Å². The lowest BCUT2D eigenvalue weighted by molar-refractivity contribution is -0.115. The lowest BCUT2D eigenvalue weighted by atomic mass is 10.2. The quantitative estimate of drug-likeness (QED) is 0.721. The first-order valence-electron chi connectivity index (χ1n) is 6.70. The number of hydrogen-bond donors (Lipinski definition) is 3. The summed E-state index contributed by atoms with van der Waals surface area (Å²) in [6.45, 7) is 1.51. The van der Waals surface area contributed by atoms with Gasteiger partial charge in [-0.15, -0.1) is 24.2 Å². The first-order valence-corrected chi connectivity index (χ1v) is 7.69. The van der Waals surface area contributed by atoms with Crippen molar-refractivity contribution in [3.05, 3.63) is 23.8 Å². The topological polar surface area (TPSA) is 70.2 Å². The molecule has 21 heavy (non-hydrogen) atoms. The van der Waals surface area contributed by atoms with E-state index < -0.39 is 0 Å². The van der Waals surface area contributed by atoms with Gasteiger partial charge in [0.1, 0.15) is 0 Å². The van der Waals surface area contributed by atoms with Gasteiger partial charge in [0.05, 0.1) is 5.69 Å². The molecule has 1 heterocycles. The summed E-state index contributed by atoms with van der Waals surface area (Å²) in [6.07, 6.45) is 1.39. The second-order valence-electron chi connectivity index (χ2n) is 4.57. The van der Waals surface area contributed by atoms with Crippen LogP contribution in [0.25, 0.3) is 0 Å². The fourth-order valence-electron chi connectivity index (χ4n) is 1.93. The average Bonchev–Trinajstić information content (AvgIpc) is 2.63. The zero-order valence-electron chi connectivity index (χ0n) is 11.9. The lowest BCUT2D eigenvalue weighted by Crippen LogP contribution is -2.26. The van der Waals surface area contributed by atoms with Gasteiger partial charge in [0.25, 0.3) is 5.91 Å². The van der Waals surface area contributed by atoms with Crippen LogP contribution in [0, 0.1) is 0 Å². The van der Waals surface area contributed by atoms with Crippen LogP contribution in [-0.4, -0.2) is 37.7 Å². The number of carbonyl (C=O) groups is 2. The summed E-state index contributed by atoms with van der Waals surface area (Å²) in [5, 5.41) is 8.75. The van der Waals surface area contributed by atoms with Gasteiger partial charge >= 0.3 is 0 Å². The van der Waals surface area contributed by atoms with Gasteiger partial charge in [0.15, 0.2) is 0 Å². The van der Waals surface area contributed by atoms with E-state index in [-0.39, 0.29) is 24.2 Å². The number of thioether (sulfide) groups is 1. The van der Waals surface area contributed by atoms with E-state index in [0.29, 0.717) is 18.5 Å². The number of halogens is 1. The number of hydrogen-bond acceptors (Lipinski definition) is 4. The largest absolute Gasteiger partial charge is 0.352 e. The predicted molar refractivity (Wildman–Crippen MR) is 88.5 cm³/mol. The fraction of sp³-hybridized carbons (Fsp3) is 0.429. The van der Waals surface area contributed by atoms with Gasteiger partial charge in [-0.25, -0.2) is 0 Å². The van der Waals surface area contributed by atoms with E-state index in [4.69, 9.17) is 0 Å². The van der Waals surface area contributed by atoms with E-state index in [0.717, 1.165) is 29.3 Å². The molecule has 0 aromatic heterocycles. The molecule has 2 amide bonds. The fourth-order valence-corrected chi connectivity index (χ4v) is 2.87. The maximum atomic E-state index is 12.0. The molecule has 0 aliphatic carbocycles. The SMILES string of the molecule is CNCCCNC(=O)c1ccc2c(c1)NC(=O)CCS2.Cl. The van der Waals surface area contributed by atoms with Crippen molar-refractivity contribution >= 4 is 41.7 Å². The number of nitrogens with one attached hydrogen (secondary N) is 3. The Labute approximate surface area is 135 Å². The molecular formula is C14H20ClN3O2S. The molecule has 1 aliphatic heterocycles. The summed E-state index contributed by atoms with van der Waals surface area (Å²) in [7, 11) is 1.88. The van der Waals surface area contributed by atoms with Crippen LogP contribution in [0.2, 0.25) is 0 Å². The highest BCUT2D eigenvalue weighted by Gasteiger charge is 2.15. The first kappa shape index (κ1) is 17.8. The first-order chi connectivity index (χ1) is 9.70. The van der Waals surface area contributed by atoms with Crippen LogP contribution >= 0.6 is 24.2 Å². The molecule has 3 N–H and O–H groups in total. The van der Waals surface area contributed by atoms with Gasteiger partial charge in [-0.1, -0.05) is 0 Å². The lowest BCUT2D eigenvalue weighted by Gasteiger charge is -2.09. The number of benzene rings is 1. The van der Waals surface area contributed by atoms with E-state index in [1.165, 1.54) is 0 Å². The van der Waals surface area contributed by atoms with E-state index in [9.17, 15) is 9.59 Å². The van der Waals surface area contributed by atoms with Gasteiger partial charge in [0, 0.05) is 29.2 Å². The summed E-state index contributed by atoms with van der Waals surface area (Å²) < 4.78 is 0. The molecule has 0 bridgehead atoms. The molecule has 0 spiro atoms. The Morgan fingerprint density at radius 2 is 2.19 bits per heavy atom. The van der Waals surface area contributed by atoms with Crippen LogP contribution in [0.3, 0.4) is 0 Å². The Balaban J connectivity index is 0.00000220. The Kier molecular flexibility index (Phi) is 7.56. The summed E-state index contributed by atoms with van der Waals surface area (Å²) in [5.41, 5.74) is 1.32. The van der Waals surface area contributed by atoms with E-state index in [1.54, 1.807) is 23.9 Å². The molecule has 7 heteroatoms. The van der Waals surface area contributed by atoms with Gasteiger partial charge < -0.3 is 16.0 Å². The highest BCUT2D eigenvalue weighted by Crippen LogP contribution is 2.31. The second-order valence-corrected chi connectivity index (χ2v) is 5.71. The van der Waals surface area contributed by atoms with Crippen LogP contribution < -0.4 is 16.0 Å². The van der Waals surface area contributed by atoms with Crippen LogP contribution in [0.5, 0.6) is 0 Å². The number of carbonyl (C=O) groups excluding carboxylic acids is 2. The second kappa shape index (κ2) is 8.92. The standard InChI is InChI=1S/C14H19N3O2S.ClH/c1-15-6-2-7-16-14(19)10-3-4-12-11(9-10)17-13(18)5-8-20-12;/h3-4,9,15H,2,5-8H2,1H3,(H,16,19)(H,17,18);1H. The minimum absolute atomic E-state index is 0. The van der Waals surface area contributed by atoms with Gasteiger partial charge in [-0.3, -0.25) is 9.59 Å². The number of anilines is 1. The molecule has 0 radical (unpaired) electrons. The normalized spacial score (nSPS) is 13.5. The van der Waals surface area contributed by atoms with E-state index in [2.05, 4.69) is 16.0 Å². The number of rotatable bonds is 5. The Bertz CT molecular complexity index is 511. The summed E-state index contributed by atoms with van der Waals surface area (Å²) >= 11 is 1.63. The number of amides is 2. The molecule has 0 fully saturated rings. The molecule has 0 unspecified atom stereocenters. The van der Waals surface area contributed by atoms with Gasteiger partial charge in [0.2, 0.25) is 5.91 Å². The molecule has 0 saturated heterocycles. The maximum Gasteiger partial charge on any atom is 0.251 e. The average molecular weight is 330 g/mol. The molecule has 2 rings (SSSR count). The monoisotopic (exact) mass is 329 g/mol. The van der Waals surface area contributed by atoms with Gasteiger partial charge in [-0.05, 0) is 38.2 Å². The molecule has 1 aliphatic rings. The maximum absolute atomic E-state index is 12.0. The van der Waals surface area contributed by atoms with Crippen molar-refractivity contribution in [2.45, 2.75) is 17.7 Å². The summed E-state index contributed by atoms with van der Waals surface area (Å²) in [5.74, 6) is 0.671. The Morgan fingerprint density at radius 3 is 2.95 bits per heavy atom. The third-order valence-electron chi connectivity index (χ3n) is 2.99. The van der Waals surface area contributed by atoms with E-state index >= 15 is 0 Å². The zero-order chi connectivity index (χ0) is 14.4. The Hall–Kier alpha value is -1.24.